The number of aliphatic hydroxyl groups excluding tert-OH is 2. The van der Waals surface area contributed by atoms with Crippen LogP contribution in [0.3, 0.4) is 0 Å². The zero-order chi connectivity index (χ0) is 13.2. The lowest BCUT2D eigenvalue weighted by atomic mass is 10.0. The van der Waals surface area contributed by atoms with Crippen molar-refractivity contribution in [2.45, 2.75) is 12.2 Å². The quantitative estimate of drug-likeness (QED) is 0.690. The summed E-state index contributed by atoms with van der Waals surface area (Å²) in [6.45, 7) is 0. The second-order valence-corrected chi connectivity index (χ2v) is 3.31. The molecule has 4 N–H and O–H groups in total. The van der Waals surface area contributed by atoms with Crippen LogP contribution in [0.1, 0.15) is 11.7 Å². The molecule has 0 radical (unpaired) electrons. The van der Waals surface area contributed by atoms with Crippen molar-refractivity contribution < 1.29 is 28.5 Å². The molecule has 0 spiro atoms. The highest BCUT2D eigenvalue weighted by atomic mass is 19.1. The highest BCUT2D eigenvalue weighted by Gasteiger charge is 2.25. The number of amides is 1. The molecule has 1 amide bonds. The molecular weight excluding hydrogens is 236 g/mol. The highest BCUT2D eigenvalue weighted by Crippen LogP contribution is 2.27. The fourth-order valence-electron chi connectivity index (χ4n) is 1.28. The maximum atomic E-state index is 13.3. The molecule has 2 unspecified atom stereocenters. The Labute approximate surface area is 95.4 Å². The first kappa shape index (κ1) is 13.3. The molecule has 5 nitrogen and oxygen atoms in total. The molecule has 1 aromatic rings. The molecule has 0 aromatic heterocycles. The lowest BCUT2D eigenvalue weighted by molar-refractivity contribution is -0.132. The summed E-state index contributed by atoms with van der Waals surface area (Å²) >= 11 is 0. The van der Waals surface area contributed by atoms with E-state index in [0.717, 1.165) is 19.2 Å². The average molecular weight is 247 g/mol. The minimum atomic E-state index is -1.94. The molecule has 0 aliphatic rings. The molecule has 2 atom stereocenters. The fourth-order valence-corrected chi connectivity index (χ4v) is 1.28. The van der Waals surface area contributed by atoms with Gasteiger partial charge in [0, 0.05) is 0 Å². The van der Waals surface area contributed by atoms with Gasteiger partial charge < -0.3 is 20.7 Å². The molecular formula is C10H11F2NO4. The van der Waals surface area contributed by atoms with Crippen LogP contribution in [0, 0.1) is 11.6 Å². The van der Waals surface area contributed by atoms with Gasteiger partial charge in [-0.15, -0.1) is 0 Å². The van der Waals surface area contributed by atoms with Crippen LogP contribution >= 0.6 is 0 Å². The number of methoxy groups -OCH3 is 1. The molecule has 94 valence electrons. The molecule has 0 bridgehead atoms. The lowest BCUT2D eigenvalue weighted by Gasteiger charge is -2.16. The molecule has 1 aromatic carbocycles. The number of carbonyl (C=O) groups excluding carboxylic acids is 1. The summed E-state index contributed by atoms with van der Waals surface area (Å²) < 4.78 is 31.0. The van der Waals surface area contributed by atoms with E-state index >= 15 is 0 Å². The fraction of sp³-hybridized carbons (Fsp3) is 0.300. The van der Waals surface area contributed by atoms with Crippen LogP contribution in [0.2, 0.25) is 0 Å². The van der Waals surface area contributed by atoms with Gasteiger partial charge in [0.05, 0.1) is 7.11 Å². The smallest absolute Gasteiger partial charge is 0.249 e. The van der Waals surface area contributed by atoms with E-state index in [1.807, 2.05) is 0 Å². The number of ether oxygens (including phenoxy) is 1. The summed E-state index contributed by atoms with van der Waals surface area (Å²) in [5.74, 6) is -3.93. The second kappa shape index (κ2) is 5.07. The Hall–Kier alpha value is -1.73. The van der Waals surface area contributed by atoms with Gasteiger partial charge in [-0.2, -0.15) is 0 Å². The lowest BCUT2D eigenvalue weighted by Crippen LogP contribution is -2.33. The van der Waals surface area contributed by atoms with Gasteiger partial charge in [0.25, 0.3) is 0 Å². The molecule has 0 saturated carbocycles. The topological polar surface area (TPSA) is 92.8 Å². The Morgan fingerprint density at radius 2 is 1.82 bits per heavy atom. The van der Waals surface area contributed by atoms with Gasteiger partial charge in [-0.05, 0) is 17.7 Å². The second-order valence-electron chi connectivity index (χ2n) is 3.31. The van der Waals surface area contributed by atoms with E-state index < -0.39 is 35.5 Å². The van der Waals surface area contributed by atoms with Crippen LogP contribution < -0.4 is 10.5 Å². The molecule has 17 heavy (non-hydrogen) atoms. The monoisotopic (exact) mass is 247 g/mol. The summed E-state index contributed by atoms with van der Waals surface area (Å²) in [4.78, 5) is 10.6. The summed E-state index contributed by atoms with van der Waals surface area (Å²) in [6, 6.07) is 1.50. The van der Waals surface area contributed by atoms with Crippen molar-refractivity contribution in [1.29, 1.82) is 0 Å². The predicted molar refractivity (Wildman–Crippen MR) is 53.1 cm³/mol. The zero-order valence-corrected chi connectivity index (χ0v) is 8.85. The van der Waals surface area contributed by atoms with Gasteiger partial charge in [-0.1, -0.05) is 0 Å². The van der Waals surface area contributed by atoms with Crippen molar-refractivity contribution in [3.63, 3.8) is 0 Å². The van der Waals surface area contributed by atoms with Crippen molar-refractivity contribution in [1.82, 2.24) is 0 Å². The van der Waals surface area contributed by atoms with E-state index in [0.29, 0.717) is 0 Å². The number of primary amides is 1. The Balaban J connectivity index is 3.12. The number of carbonyl (C=O) groups is 1. The minimum Gasteiger partial charge on any atom is -0.491 e. The van der Waals surface area contributed by atoms with Gasteiger partial charge in [-0.3, -0.25) is 4.79 Å². The highest BCUT2D eigenvalue weighted by molar-refractivity contribution is 5.79. The van der Waals surface area contributed by atoms with Crippen molar-refractivity contribution in [3.05, 3.63) is 29.3 Å². The average Bonchev–Trinajstić information content (AvgIpc) is 2.26. The normalized spacial score (nSPS) is 14.2. The van der Waals surface area contributed by atoms with Crippen LogP contribution in [0.15, 0.2) is 12.1 Å². The number of benzene rings is 1. The Morgan fingerprint density at radius 3 is 2.18 bits per heavy atom. The van der Waals surface area contributed by atoms with Crippen molar-refractivity contribution in [3.8, 4) is 5.75 Å². The molecule has 1 rings (SSSR count). The SMILES string of the molecule is COc1c(F)cc(C(O)C(O)C(N)=O)cc1F. The Morgan fingerprint density at radius 1 is 1.35 bits per heavy atom. The van der Waals surface area contributed by atoms with E-state index in [1.54, 1.807) is 0 Å². The number of hydrogen-bond donors (Lipinski definition) is 3. The van der Waals surface area contributed by atoms with E-state index in [1.165, 1.54) is 0 Å². The van der Waals surface area contributed by atoms with Crippen LogP contribution in [0.4, 0.5) is 8.78 Å². The predicted octanol–water partition coefficient (Wildman–Crippen LogP) is -0.147. The van der Waals surface area contributed by atoms with Gasteiger partial charge >= 0.3 is 0 Å². The van der Waals surface area contributed by atoms with Crippen molar-refractivity contribution in [2.24, 2.45) is 5.73 Å². The Kier molecular flexibility index (Phi) is 3.97. The maximum Gasteiger partial charge on any atom is 0.249 e. The van der Waals surface area contributed by atoms with E-state index in [4.69, 9.17) is 10.8 Å². The first-order valence-corrected chi connectivity index (χ1v) is 4.56. The first-order valence-electron chi connectivity index (χ1n) is 4.56. The summed E-state index contributed by atoms with van der Waals surface area (Å²) in [6.07, 6.45) is -3.75. The standard InChI is InChI=1S/C10H11F2NO4/c1-17-9-5(11)2-4(3-6(9)12)7(14)8(15)10(13)16/h2-3,7-8,14-15H,1H3,(H2,13,16). The number of nitrogens with two attached hydrogens (primary N) is 1. The van der Waals surface area contributed by atoms with Crippen LogP contribution in [-0.4, -0.2) is 29.3 Å². The van der Waals surface area contributed by atoms with Gasteiger partial charge in [0.2, 0.25) is 5.91 Å². The zero-order valence-electron chi connectivity index (χ0n) is 8.85. The Bertz CT molecular complexity index is 415. The summed E-state index contributed by atoms with van der Waals surface area (Å²) in [5, 5.41) is 18.6. The number of hydrogen-bond acceptors (Lipinski definition) is 4. The minimum absolute atomic E-state index is 0.313. The van der Waals surface area contributed by atoms with Crippen LogP contribution in [-0.2, 0) is 4.79 Å². The first-order chi connectivity index (χ1) is 7.88. The van der Waals surface area contributed by atoms with Crippen molar-refractivity contribution >= 4 is 5.91 Å². The summed E-state index contributed by atoms with van der Waals surface area (Å²) in [5.41, 5.74) is 4.43. The molecule has 0 saturated heterocycles. The third-order valence-corrected chi connectivity index (χ3v) is 2.16. The molecule has 0 fully saturated rings. The maximum absolute atomic E-state index is 13.3. The number of halogens is 2. The molecule has 0 aliphatic heterocycles. The van der Waals surface area contributed by atoms with Crippen molar-refractivity contribution in [2.75, 3.05) is 7.11 Å². The molecule has 0 aliphatic carbocycles. The largest absolute Gasteiger partial charge is 0.491 e. The third-order valence-electron chi connectivity index (χ3n) is 2.16. The third kappa shape index (κ3) is 2.69. The van der Waals surface area contributed by atoms with E-state index in [2.05, 4.69) is 4.74 Å². The summed E-state index contributed by atoms with van der Waals surface area (Å²) in [7, 11) is 1.08. The van der Waals surface area contributed by atoms with E-state index in [-0.39, 0.29) is 5.56 Å². The number of rotatable bonds is 4. The van der Waals surface area contributed by atoms with Gasteiger partial charge in [0.15, 0.2) is 23.5 Å². The van der Waals surface area contributed by atoms with Gasteiger partial charge in [-0.25, -0.2) is 8.78 Å². The van der Waals surface area contributed by atoms with Gasteiger partial charge in [0.1, 0.15) is 6.10 Å². The van der Waals surface area contributed by atoms with Crippen LogP contribution in [0.25, 0.3) is 0 Å². The molecule has 7 heteroatoms. The molecule has 0 heterocycles. The number of aliphatic hydroxyl groups is 2. The van der Waals surface area contributed by atoms with E-state index in [9.17, 15) is 18.7 Å². The van der Waals surface area contributed by atoms with Crippen LogP contribution in [0.5, 0.6) is 5.75 Å².